The minimum atomic E-state index is -4.57. The normalized spacial score (nSPS) is 17.9. The number of benzene rings is 2. The topological polar surface area (TPSA) is 41.6 Å². The van der Waals surface area contributed by atoms with Crippen LogP contribution in [0.2, 0.25) is 0 Å². The zero-order chi connectivity index (χ0) is 21.9. The number of rotatable bonds is 8. The van der Waals surface area contributed by atoms with Gasteiger partial charge in [-0.05, 0) is 37.3 Å². The molecule has 0 saturated carbocycles. The average molecular weight is 422 g/mol. The number of hydrazine groups is 1. The lowest BCUT2D eigenvalue weighted by molar-refractivity contribution is -0.203. The molecular formula is C23H29F3N2O2. The van der Waals surface area contributed by atoms with E-state index in [-0.39, 0.29) is 12.0 Å². The highest BCUT2D eigenvalue weighted by molar-refractivity contribution is 5.91. The average Bonchev–Trinajstić information content (AvgIpc) is 2.93. The van der Waals surface area contributed by atoms with Gasteiger partial charge in [0, 0.05) is 17.3 Å². The Balaban J connectivity index is 1.99. The molecule has 1 N–H and O–H groups in total. The number of nitrogens with zero attached hydrogens (tertiary/aromatic N) is 1. The van der Waals surface area contributed by atoms with Crippen LogP contribution in [0.3, 0.4) is 0 Å². The SMILES string of the molecule is CCCCCCOc1ccc([C@H](N2NC(=O)CC2(C)C)C(F)(F)F)c2ccccc12. The van der Waals surface area contributed by atoms with E-state index in [1.54, 1.807) is 44.2 Å². The second-order valence-corrected chi connectivity index (χ2v) is 8.45. The summed E-state index contributed by atoms with van der Waals surface area (Å²) >= 11 is 0. The van der Waals surface area contributed by atoms with Crippen molar-refractivity contribution < 1.29 is 22.7 Å². The van der Waals surface area contributed by atoms with Gasteiger partial charge in [0.2, 0.25) is 5.91 Å². The lowest BCUT2D eigenvalue weighted by Crippen LogP contribution is -2.51. The summed E-state index contributed by atoms with van der Waals surface area (Å²) in [7, 11) is 0. The first-order valence-electron chi connectivity index (χ1n) is 10.4. The van der Waals surface area contributed by atoms with Crippen molar-refractivity contribution in [2.24, 2.45) is 0 Å². The van der Waals surface area contributed by atoms with Crippen molar-refractivity contribution in [1.29, 1.82) is 0 Å². The van der Waals surface area contributed by atoms with Crippen LogP contribution in [0.1, 0.15) is 64.5 Å². The lowest BCUT2D eigenvalue weighted by atomic mass is 9.93. The van der Waals surface area contributed by atoms with E-state index >= 15 is 0 Å². The molecule has 1 amide bonds. The van der Waals surface area contributed by atoms with Gasteiger partial charge in [-0.3, -0.25) is 10.2 Å². The summed E-state index contributed by atoms with van der Waals surface area (Å²) in [5.41, 5.74) is 1.56. The summed E-state index contributed by atoms with van der Waals surface area (Å²) in [6, 6.07) is 8.10. The van der Waals surface area contributed by atoms with Crippen molar-refractivity contribution in [3.63, 3.8) is 0 Å². The van der Waals surface area contributed by atoms with E-state index in [9.17, 15) is 18.0 Å². The number of carbonyl (C=O) groups is 1. The van der Waals surface area contributed by atoms with Gasteiger partial charge in [0.15, 0.2) is 6.04 Å². The minimum absolute atomic E-state index is 0.0104. The van der Waals surface area contributed by atoms with Crippen LogP contribution in [0.5, 0.6) is 5.75 Å². The van der Waals surface area contributed by atoms with E-state index in [0.29, 0.717) is 23.1 Å². The van der Waals surface area contributed by atoms with Crippen LogP contribution in [0.25, 0.3) is 10.8 Å². The molecule has 1 heterocycles. The fourth-order valence-electron chi connectivity index (χ4n) is 4.05. The molecule has 30 heavy (non-hydrogen) atoms. The lowest BCUT2D eigenvalue weighted by Gasteiger charge is -2.38. The molecule has 2 aromatic rings. The Hall–Kier alpha value is -2.28. The molecule has 1 atom stereocenters. The summed E-state index contributed by atoms with van der Waals surface area (Å²) in [4.78, 5) is 11.9. The summed E-state index contributed by atoms with van der Waals surface area (Å²) in [6.45, 7) is 5.94. The zero-order valence-electron chi connectivity index (χ0n) is 17.7. The van der Waals surface area contributed by atoms with E-state index in [1.807, 2.05) is 0 Å². The van der Waals surface area contributed by atoms with Gasteiger partial charge in [0.25, 0.3) is 0 Å². The van der Waals surface area contributed by atoms with E-state index < -0.39 is 23.7 Å². The number of nitrogens with one attached hydrogen (secondary N) is 1. The minimum Gasteiger partial charge on any atom is -0.493 e. The maximum atomic E-state index is 14.3. The van der Waals surface area contributed by atoms with Crippen molar-refractivity contribution in [3.05, 3.63) is 42.0 Å². The largest absolute Gasteiger partial charge is 0.493 e. The third kappa shape index (κ3) is 4.72. The number of carbonyl (C=O) groups excluding carboxylic acids is 1. The Bertz CT molecular complexity index is 896. The van der Waals surface area contributed by atoms with Gasteiger partial charge in [-0.15, -0.1) is 0 Å². The number of amides is 1. The fraction of sp³-hybridized carbons (Fsp3) is 0.522. The van der Waals surface area contributed by atoms with Crippen molar-refractivity contribution >= 4 is 16.7 Å². The van der Waals surface area contributed by atoms with Crippen molar-refractivity contribution in [2.45, 2.75) is 70.6 Å². The highest BCUT2D eigenvalue weighted by Crippen LogP contribution is 2.45. The Labute approximate surface area is 175 Å². The predicted octanol–water partition coefficient (Wildman–Crippen LogP) is 5.92. The number of hydrogen-bond acceptors (Lipinski definition) is 3. The van der Waals surface area contributed by atoms with Crippen LogP contribution in [0.15, 0.2) is 36.4 Å². The molecule has 1 aliphatic rings. The van der Waals surface area contributed by atoms with Gasteiger partial charge in [-0.2, -0.15) is 18.2 Å². The van der Waals surface area contributed by atoms with E-state index in [1.165, 1.54) is 6.07 Å². The van der Waals surface area contributed by atoms with Gasteiger partial charge in [0.05, 0.1) is 6.61 Å². The van der Waals surface area contributed by atoms with Crippen molar-refractivity contribution in [2.75, 3.05) is 6.61 Å². The molecule has 1 fully saturated rings. The third-order valence-electron chi connectivity index (χ3n) is 5.53. The standard InChI is InChI=1S/C23H29F3N2O2/c1-4-5-6-9-14-30-19-13-12-18(16-10-7-8-11-17(16)19)21(23(24,25)26)28-22(2,3)15-20(29)27-28/h7-8,10-13,21H,4-6,9,14-15H2,1-3H3,(H,27,29)/t21-/m0/s1. The van der Waals surface area contributed by atoms with E-state index in [2.05, 4.69) is 12.3 Å². The van der Waals surface area contributed by atoms with Crippen LogP contribution in [-0.2, 0) is 4.79 Å². The van der Waals surface area contributed by atoms with Gasteiger partial charge < -0.3 is 4.74 Å². The summed E-state index contributed by atoms with van der Waals surface area (Å²) in [5.74, 6) is 0.169. The first-order valence-corrected chi connectivity index (χ1v) is 10.4. The van der Waals surface area contributed by atoms with E-state index in [4.69, 9.17) is 4.74 Å². The Morgan fingerprint density at radius 3 is 2.40 bits per heavy atom. The molecule has 0 bridgehead atoms. The first-order chi connectivity index (χ1) is 14.1. The highest BCUT2D eigenvalue weighted by atomic mass is 19.4. The van der Waals surface area contributed by atoms with Gasteiger partial charge >= 0.3 is 6.18 Å². The molecule has 164 valence electrons. The number of halogens is 3. The maximum absolute atomic E-state index is 14.3. The second-order valence-electron chi connectivity index (χ2n) is 8.45. The highest BCUT2D eigenvalue weighted by Gasteiger charge is 2.53. The molecule has 4 nitrogen and oxygen atoms in total. The van der Waals surface area contributed by atoms with Crippen LogP contribution >= 0.6 is 0 Å². The predicted molar refractivity (Wildman–Crippen MR) is 111 cm³/mol. The summed E-state index contributed by atoms with van der Waals surface area (Å²) in [6.07, 6.45) is -0.334. The molecular weight excluding hydrogens is 393 g/mol. The molecule has 0 spiro atoms. The molecule has 0 aliphatic carbocycles. The molecule has 0 aromatic heterocycles. The maximum Gasteiger partial charge on any atom is 0.409 e. The number of hydrogen-bond donors (Lipinski definition) is 1. The summed E-state index contributed by atoms with van der Waals surface area (Å²) < 4.78 is 48.7. The zero-order valence-corrected chi connectivity index (χ0v) is 17.7. The number of alkyl halides is 3. The van der Waals surface area contributed by atoms with Gasteiger partial charge in [0.1, 0.15) is 5.75 Å². The number of unbranched alkanes of at least 4 members (excludes halogenated alkanes) is 3. The van der Waals surface area contributed by atoms with Crippen LogP contribution in [0.4, 0.5) is 13.2 Å². The number of ether oxygens (including phenoxy) is 1. The van der Waals surface area contributed by atoms with Crippen LogP contribution in [0, 0.1) is 0 Å². The molecule has 1 aliphatic heterocycles. The van der Waals surface area contributed by atoms with Crippen molar-refractivity contribution in [1.82, 2.24) is 10.4 Å². The van der Waals surface area contributed by atoms with Gasteiger partial charge in [-0.25, -0.2) is 0 Å². The molecule has 2 aromatic carbocycles. The van der Waals surface area contributed by atoms with Gasteiger partial charge in [-0.1, -0.05) is 56.5 Å². The quantitative estimate of drug-likeness (QED) is 0.537. The molecule has 3 rings (SSSR count). The van der Waals surface area contributed by atoms with Crippen LogP contribution < -0.4 is 10.2 Å². The third-order valence-corrected chi connectivity index (χ3v) is 5.53. The Kier molecular flexibility index (Phi) is 6.60. The smallest absolute Gasteiger partial charge is 0.409 e. The second kappa shape index (κ2) is 8.84. The van der Waals surface area contributed by atoms with Crippen molar-refractivity contribution in [3.8, 4) is 5.75 Å². The molecule has 0 unspecified atom stereocenters. The number of fused-ring (bicyclic) bond motifs is 1. The molecule has 7 heteroatoms. The monoisotopic (exact) mass is 422 g/mol. The molecule has 0 radical (unpaired) electrons. The van der Waals surface area contributed by atoms with E-state index in [0.717, 1.165) is 30.7 Å². The molecule has 1 saturated heterocycles. The Morgan fingerprint density at radius 2 is 1.80 bits per heavy atom. The summed E-state index contributed by atoms with van der Waals surface area (Å²) in [5, 5.41) is 2.16. The fourth-order valence-corrected chi connectivity index (χ4v) is 4.05. The first kappa shape index (κ1) is 22.4. The Morgan fingerprint density at radius 1 is 1.10 bits per heavy atom. The van der Waals surface area contributed by atoms with Crippen LogP contribution in [-0.4, -0.2) is 29.2 Å².